The third-order valence-corrected chi connectivity index (χ3v) is 3.62. The van der Waals surface area contributed by atoms with Crippen LogP contribution >= 0.6 is 0 Å². The Labute approximate surface area is 140 Å². The van der Waals surface area contributed by atoms with E-state index >= 15 is 0 Å². The highest BCUT2D eigenvalue weighted by Crippen LogP contribution is 2.29. The molecule has 1 heterocycles. The zero-order chi connectivity index (χ0) is 16.9. The highest BCUT2D eigenvalue weighted by Gasteiger charge is 2.12. The van der Waals surface area contributed by atoms with Crippen LogP contribution in [0.4, 0.5) is 5.69 Å². The molecule has 0 fully saturated rings. The molecule has 2 aromatic carbocycles. The summed E-state index contributed by atoms with van der Waals surface area (Å²) in [5.41, 5.74) is 2.05. The van der Waals surface area contributed by atoms with Gasteiger partial charge >= 0.3 is 0 Å². The molecule has 1 amide bonds. The molecule has 0 aliphatic heterocycles. The highest BCUT2D eigenvalue weighted by atomic mass is 16.5. The molecule has 0 aliphatic rings. The lowest BCUT2D eigenvalue weighted by Crippen LogP contribution is -2.12. The Morgan fingerprint density at radius 1 is 1.12 bits per heavy atom. The number of nitrogens with one attached hydrogen (secondary N) is 1. The Kier molecular flexibility index (Phi) is 4.61. The van der Waals surface area contributed by atoms with Gasteiger partial charge in [0.1, 0.15) is 0 Å². The van der Waals surface area contributed by atoms with E-state index in [1.54, 1.807) is 31.5 Å². The van der Waals surface area contributed by atoms with Gasteiger partial charge in [0.2, 0.25) is 0 Å². The summed E-state index contributed by atoms with van der Waals surface area (Å²) in [5.74, 6) is 0.933. The highest BCUT2D eigenvalue weighted by molar-refractivity contribution is 6.08. The van der Waals surface area contributed by atoms with E-state index in [0.717, 1.165) is 16.6 Å². The van der Waals surface area contributed by atoms with E-state index in [1.807, 2.05) is 37.3 Å². The molecule has 1 aromatic heterocycles. The minimum Gasteiger partial charge on any atom is -0.493 e. The Hall–Kier alpha value is -3.08. The SMILES string of the molecule is CCOc1ccc(C(=O)Nc2cccc3ncccc23)cc1OC. The molecule has 0 atom stereocenters. The molecular weight excluding hydrogens is 304 g/mol. The molecule has 0 spiro atoms. The van der Waals surface area contributed by atoms with E-state index in [0.29, 0.717) is 23.7 Å². The molecule has 1 N–H and O–H groups in total. The first-order valence-corrected chi connectivity index (χ1v) is 7.69. The number of carbonyl (C=O) groups is 1. The lowest BCUT2D eigenvalue weighted by atomic mass is 10.1. The van der Waals surface area contributed by atoms with Crippen molar-refractivity contribution in [2.45, 2.75) is 6.92 Å². The van der Waals surface area contributed by atoms with Crippen molar-refractivity contribution in [3.8, 4) is 11.5 Å². The molecule has 5 heteroatoms. The third-order valence-electron chi connectivity index (χ3n) is 3.62. The maximum Gasteiger partial charge on any atom is 0.255 e. The van der Waals surface area contributed by atoms with Crippen molar-refractivity contribution in [3.63, 3.8) is 0 Å². The summed E-state index contributed by atoms with van der Waals surface area (Å²) in [5, 5.41) is 3.82. The first-order valence-electron chi connectivity index (χ1n) is 7.69. The summed E-state index contributed by atoms with van der Waals surface area (Å²) in [4.78, 5) is 16.9. The van der Waals surface area contributed by atoms with Crippen LogP contribution in [0.15, 0.2) is 54.7 Å². The fourth-order valence-corrected chi connectivity index (χ4v) is 2.49. The Morgan fingerprint density at radius 2 is 2.00 bits per heavy atom. The Balaban J connectivity index is 1.89. The molecule has 3 rings (SSSR count). The number of pyridine rings is 1. The first-order chi connectivity index (χ1) is 11.7. The minimum absolute atomic E-state index is 0.215. The molecule has 0 radical (unpaired) electrons. The molecule has 0 aliphatic carbocycles. The van der Waals surface area contributed by atoms with Crippen LogP contribution in [0.2, 0.25) is 0 Å². The fourth-order valence-electron chi connectivity index (χ4n) is 2.49. The van der Waals surface area contributed by atoms with Crippen LogP contribution in [-0.2, 0) is 0 Å². The van der Waals surface area contributed by atoms with Crippen molar-refractivity contribution < 1.29 is 14.3 Å². The maximum absolute atomic E-state index is 12.6. The number of benzene rings is 2. The van der Waals surface area contributed by atoms with Crippen LogP contribution in [0.25, 0.3) is 10.9 Å². The number of rotatable bonds is 5. The van der Waals surface area contributed by atoms with Crippen molar-refractivity contribution in [2.75, 3.05) is 19.0 Å². The number of amides is 1. The smallest absolute Gasteiger partial charge is 0.255 e. The molecule has 3 aromatic rings. The zero-order valence-electron chi connectivity index (χ0n) is 13.6. The van der Waals surface area contributed by atoms with Gasteiger partial charge < -0.3 is 14.8 Å². The van der Waals surface area contributed by atoms with E-state index in [2.05, 4.69) is 10.3 Å². The Morgan fingerprint density at radius 3 is 2.79 bits per heavy atom. The monoisotopic (exact) mass is 322 g/mol. The topological polar surface area (TPSA) is 60.5 Å². The van der Waals surface area contributed by atoms with Crippen LogP contribution in [0, 0.1) is 0 Å². The summed E-state index contributed by atoms with van der Waals surface area (Å²) in [6.45, 7) is 2.43. The summed E-state index contributed by atoms with van der Waals surface area (Å²) in [6, 6.07) is 14.5. The quantitative estimate of drug-likeness (QED) is 0.774. The normalized spacial score (nSPS) is 10.4. The van der Waals surface area contributed by atoms with Crippen molar-refractivity contribution in [1.82, 2.24) is 4.98 Å². The molecule has 0 bridgehead atoms. The number of carbonyl (C=O) groups excluding carboxylic acids is 1. The van der Waals surface area contributed by atoms with Gasteiger partial charge in [0, 0.05) is 17.1 Å². The van der Waals surface area contributed by atoms with Crippen LogP contribution in [-0.4, -0.2) is 24.6 Å². The van der Waals surface area contributed by atoms with E-state index in [9.17, 15) is 4.79 Å². The second-order valence-electron chi connectivity index (χ2n) is 5.13. The van der Waals surface area contributed by atoms with Crippen molar-refractivity contribution >= 4 is 22.5 Å². The number of methoxy groups -OCH3 is 1. The molecule has 0 saturated carbocycles. The van der Waals surface area contributed by atoms with E-state index in [4.69, 9.17) is 9.47 Å². The largest absolute Gasteiger partial charge is 0.493 e. The van der Waals surface area contributed by atoms with Crippen molar-refractivity contribution in [3.05, 3.63) is 60.3 Å². The molecule has 24 heavy (non-hydrogen) atoms. The van der Waals surface area contributed by atoms with Crippen LogP contribution in [0.1, 0.15) is 17.3 Å². The van der Waals surface area contributed by atoms with E-state index in [1.165, 1.54) is 0 Å². The first kappa shape index (κ1) is 15.8. The van der Waals surface area contributed by atoms with Gasteiger partial charge in [-0.2, -0.15) is 0 Å². The second kappa shape index (κ2) is 7.00. The number of aromatic nitrogens is 1. The molecule has 5 nitrogen and oxygen atoms in total. The van der Waals surface area contributed by atoms with Gasteiger partial charge in [-0.05, 0) is 49.4 Å². The van der Waals surface area contributed by atoms with Crippen molar-refractivity contribution in [1.29, 1.82) is 0 Å². The maximum atomic E-state index is 12.6. The Bertz CT molecular complexity index is 872. The number of hydrogen-bond donors (Lipinski definition) is 1. The van der Waals surface area contributed by atoms with Crippen molar-refractivity contribution in [2.24, 2.45) is 0 Å². The summed E-state index contributed by atoms with van der Waals surface area (Å²) < 4.78 is 10.8. The van der Waals surface area contributed by atoms with Crippen LogP contribution in [0.3, 0.4) is 0 Å². The van der Waals surface area contributed by atoms with Crippen LogP contribution in [0.5, 0.6) is 11.5 Å². The third kappa shape index (κ3) is 3.15. The number of hydrogen-bond acceptors (Lipinski definition) is 4. The number of ether oxygens (including phenoxy) is 2. The minimum atomic E-state index is -0.215. The van der Waals surface area contributed by atoms with Gasteiger partial charge in [-0.15, -0.1) is 0 Å². The zero-order valence-corrected chi connectivity index (χ0v) is 13.6. The molecule has 122 valence electrons. The van der Waals surface area contributed by atoms with Gasteiger partial charge in [0.25, 0.3) is 5.91 Å². The average Bonchev–Trinajstić information content (AvgIpc) is 2.62. The molecule has 0 saturated heterocycles. The average molecular weight is 322 g/mol. The van der Waals surface area contributed by atoms with Gasteiger partial charge in [-0.3, -0.25) is 9.78 Å². The molecular formula is C19H18N2O3. The van der Waals surface area contributed by atoms with E-state index in [-0.39, 0.29) is 5.91 Å². The predicted octanol–water partition coefficient (Wildman–Crippen LogP) is 3.89. The number of nitrogens with zero attached hydrogens (tertiary/aromatic N) is 1. The number of fused-ring (bicyclic) bond motifs is 1. The lowest BCUT2D eigenvalue weighted by molar-refractivity contribution is 0.102. The van der Waals surface area contributed by atoms with Gasteiger partial charge in [-0.25, -0.2) is 0 Å². The van der Waals surface area contributed by atoms with Gasteiger partial charge in [-0.1, -0.05) is 6.07 Å². The molecule has 0 unspecified atom stereocenters. The lowest BCUT2D eigenvalue weighted by Gasteiger charge is -2.12. The van der Waals surface area contributed by atoms with E-state index < -0.39 is 0 Å². The standard InChI is InChI=1S/C19H18N2O3/c1-3-24-17-10-9-13(12-18(17)23-2)19(22)21-16-8-4-7-15-14(16)6-5-11-20-15/h4-12H,3H2,1-2H3,(H,21,22). The fraction of sp³-hybridized carbons (Fsp3) is 0.158. The predicted molar refractivity (Wildman–Crippen MR) is 93.9 cm³/mol. The van der Waals surface area contributed by atoms with Gasteiger partial charge in [0.05, 0.1) is 24.9 Å². The van der Waals surface area contributed by atoms with Gasteiger partial charge in [0.15, 0.2) is 11.5 Å². The summed E-state index contributed by atoms with van der Waals surface area (Å²) in [7, 11) is 1.55. The summed E-state index contributed by atoms with van der Waals surface area (Å²) in [6.07, 6.45) is 1.73. The number of anilines is 1. The second-order valence-corrected chi connectivity index (χ2v) is 5.13. The summed E-state index contributed by atoms with van der Waals surface area (Å²) >= 11 is 0. The van der Waals surface area contributed by atoms with Crippen LogP contribution < -0.4 is 14.8 Å².